The molecule has 1 fully saturated rings. The molecule has 0 bridgehead atoms. The molecule has 1 aliphatic rings. The average Bonchev–Trinajstić information content (AvgIpc) is 3.45. The molecule has 0 aromatic heterocycles. The molecule has 0 spiro atoms. The third kappa shape index (κ3) is 13.8. The molecule has 18 nitrogen and oxygen atoms in total. The predicted octanol–water partition coefficient (Wildman–Crippen LogP) is -2.46. The number of aliphatic hydroxyl groups is 1. The second-order valence-electron chi connectivity index (χ2n) is 12.9. The molecule has 0 radical (unpaired) electrons. The largest absolute Gasteiger partial charge is 0.481 e. The molecule has 0 aromatic rings. The van der Waals surface area contributed by atoms with Crippen molar-refractivity contribution in [3.05, 3.63) is 0 Å². The maximum Gasteiger partial charge on any atom is 0.328 e. The predicted molar refractivity (Wildman–Crippen MR) is 169 cm³/mol. The van der Waals surface area contributed by atoms with E-state index in [0.717, 1.165) is 0 Å². The summed E-state index contributed by atoms with van der Waals surface area (Å²) in [4.78, 5) is 101. The number of carboxylic acids is 2. The van der Waals surface area contributed by atoms with Gasteiger partial charge in [0.05, 0.1) is 18.6 Å². The smallest absolute Gasteiger partial charge is 0.328 e. The van der Waals surface area contributed by atoms with E-state index in [-0.39, 0.29) is 50.5 Å². The van der Waals surface area contributed by atoms with Gasteiger partial charge in [0.15, 0.2) is 6.04 Å². The van der Waals surface area contributed by atoms with E-state index in [1.54, 1.807) is 27.7 Å². The zero-order valence-electron chi connectivity index (χ0n) is 28.1. The Bertz CT molecular complexity index is 1190. The Morgan fingerprint density at radius 1 is 0.792 bits per heavy atom. The highest BCUT2D eigenvalue weighted by Crippen LogP contribution is 2.21. The Balaban J connectivity index is 3.20. The van der Waals surface area contributed by atoms with Gasteiger partial charge >= 0.3 is 11.9 Å². The molecule has 18 heteroatoms. The first kappa shape index (κ1) is 41.7. The van der Waals surface area contributed by atoms with E-state index in [9.17, 15) is 48.6 Å². The van der Waals surface area contributed by atoms with Crippen LogP contribution in [0.25, 0.3) is 0 Å². The number of likely N-dealkylation sites (tertiary alicyclic amines) is 1. The van der Waals surface area contributed by atoms with Crippen LogP contribution in [0.4, 0.5) is 0 Å². The summed E-state index contributed by atoms with van der Waals surface area (Å²) in [5.41, 5.74) is 10.9. The first-order valence-electron chi connectivity index (χ1n) is 15.9. The van der Waals surface area contributed by atoms with Gasteiger partial charge in [0.1, 0.15) is 24.2 Å². The molecule has 11 N–H and O–H groups in total. The molecule has 0 aliphatic carbocycles. The summed E-state index contributed by atoms with van der Waals surface area (Å²) in [7, 11) is 0. The summed E-state index contributed by atoms with van der Waals surface area (Å²) < 4.78 is 0. The molecule has 1 heterocycles. The normalized spacial score (nSPS) is 18.2. The number of carbonyl (C=O) groups excluding carboxylic acids is 6. The van der Waals surface area contributed by atoms with Crippen LogP contribution in [0.3, 0.4) is 0 Å². The van der Waals surface area contributed by atoms with Crippen molar-refractivity contribution < 1.29 is 53.7 Å². The van der Waals surface area contributed by atoms with Gasteiger partial charge in [0.25, 0.3) is 0 Å². The van der Waals surface area contributed by atoms with Crippen molar-refractivity contribution >= 4 is 47.4 Å². The summed E-state index contributed by atoms with van der Waals surface area (Å²) >= 11 is 0. The molecule has 7 atom stereocenters. The van der Waals surface area contributed by atoms with E-state index in [0.29, 0.717) is 6.42 Å². The Morgan fingerprint density at radius 2 is 1.31 bits per heavy atom. The van der Waals surface area contributed by atoms with Crippen molar-refractivity contribution in [3.63, 3.8) is 0 Å². The van der Waals surface area contributed by atoms with E-state index >= 15 is 0 Å². The van der Waals surface area contributed by atoms with Gasteiger partial charge in [-0.1, -0.05) is 27.7 Å². The molecular weight excluding hydrogens is 634 g/mol. The van der Waals surface area contributed by atoms with Crippen molar-refractivity contribution in [2.24, 2.45) is 23.3 Å². The van der Waals surface area contributed by atoms with Gasteiger partial charge < -0.3 is 53.0 Å². The van der Waals surface area contributed by atoms with Gasteiger partial charge in [-0.3, -0.25) is 33.6 Å². The monoisotopic (exact) mass is 685 g/mol. The maximum atomic E-state index is 13.6. The number of hydrogen-bond donors (Lipinski definition) is 9. The van der Waals surface area contributed by atoms with Gasteiger partial charge in [-0.05, 0) is 50.9 Å². The van der Waals surface area contributed by atoms with Crippen LogP contribution in [0.1, 0.15) is 79.6 Å². The first-order valence-corrected chi connectivity index (χ1v) is 15.9. The minimum absolute atomic E-state index is 0.104. The van der Waals surface area contributed by atoms with Crippen molar-refractivity contribution in [1.29, 1.82) is 0 Å². The fourth-order valence-corrected chi connectivity index (χ4v) is 5.20. The van der Waals surface area contributed by atoms with E-state index < -0.39 is 96.2 Å². The number of hydrogen-bond acceptors (Lipinski definition) is 10. The van der Waals surface area contributed by atoms with E-state index in [1.807, 2.05) is 0 Å². The van der Waals surface area contributed by atoms with Crippen LogP contribution in [0.2, 0.25) is 0 Å². The summed E-state index contributed by atoms with van der Waals surface area (Å²) in [5.74, 6) is -7.72. The number of nitrogens with two attached hydrogens (primary N) is 2. The zero-order valence-corrected chi connectivity index (χ0v) is 28.1. The van der Waals surface area contributed by atoms with Gasteiger partial charge in [-0.2, -0.15) is 0 Å². The van der Waals surface area contributed by atoms with Crippen LogP contribution >= 0.6 is 0 Å². The molecule has 6 amide bonds. The molecule has 1 aliphatic heterocycles. The maximum absolute atomic E-state index is 13.6. The molecule has 1 saturated heterocycles. The van der Waals surface area contributed by atoms with Crippen molar-refractivity contribution in [2.75, 3.05) is 6.54 Å². The van der Waals surface area contributed by atoms with Gasteiger partial charge in [-0.25, -0.2) is 4.79 Å². The van der Waals surface area contributed by atoms with E-state index in [1.165, 1.54) is 11.8 Å². The Labute approximate surface area is 279 Å². The van der Waals surface area contributed by atoms with Crippen molar-refractivity contribution in [2.45, 2.75) is 122 Å². The minimum Gasteiger partial charge on any atom is -0.481 e. The lowest BCUT2D eigenvalue weighted by Gasteiger charge is -2.31. The van der Waals surface area contributed by atoms with Crippen molar-refractivity contribution in [3.8, 4) is 0 Å². The molecule has 0 unspecified atom stereocenters. The van der Waals surface area contributed by atoms with Gasteiger partial charge in [-0.15, -0.1) is 0 Å². The molecule has 272 valence electrons. The fraction of sp³-hybridized carbons (Fsp3) is 0.733. The number of carboxylic acid groups (broad SMARTS) is 2. The summed E-state index contributed by atoms with van der Waals surface area (Å²) in [5, 5.41) is 38.0. The number of primary amides is 1. The molecule has 48 heavy (non-hydrogen) atoms. The van der Waals surface area contributed by atoms with Crippen LogP contribution in [0.15, 0.2) is 0 Å². The second-order valence-corrected chi connectivity index (χ2v) is 12.9. The van der Waals surface area contributed by atoms with Crippen LogP contribution in [0.5, 0.6) is 0 Å². The SMILES string of the molecule is CC(C)C[C@H](NC(=O)[C@H](CC(C)C)NC(=O)[C@@H]1CCCN1C(=O)[C@H](CCC(N)=O)NC(=O)[C@@H](N)CC(=O)O)C(=O)N[C@H](C(=O)O)[C@@H](C)O. The van der Waals surface area contributed by atoms with Crippen molar-refractivity contribution in [1.82, 2.24) is 26.2 Å². The molecule has 1 rings (SSSR count). The Kier molecular flexibility index (Phi) is 16.9. The topological polar surface area (TPSA) is 301 Å². The number of nitrogens with one attached hydrogen (secondary N) is 4. The van der Waals surface area contributed by atoms with Gasteiger partial charge in [0.2, 0.25) is 35.4 Å². The molecule has 0 saturated carbocycles. The Hall–Kier alpha value is -4.32. The Morgan fingerprint density at radius 3 is 1.79 bits per heavy atom. The number of carbonyl (C=O) groups is 8. The number of aliphatic carboxylic acids is 2. The lowest BCUT2D eigenvalue weighted by Crippen LogP contribution is -2.59. The van der Waals surface area contributed by atoms with E-state index in [2.05, 4.69) is 21.3 Å². The molecule has 0 aromatic carbocycles. The third-order valence-electron chi connectivity index (χ3n) is 7.59. The lowest BCUT2D eigenvalue weighted by atomic mass is 9.99. The van der Waals surface area contributed by atoms with Crippen LogP contribution in [0, 0.1) is 11.8 Å². The number of aliphatic hydroxyl groups excluding tert-OH is 1. The van der Waals surface area contributed by atoms with Crippen LogP contribution < -0.4 is 32.7 Å². The number of rotatable bonds is 20. The fourth-order valence-electron chi connectivity index (χ4n) is 5.20. The zero-order chi connectivity index (χ0) is 36.9. The van der Waals surface area contributed by atoms with E-state index in [4.69, 9.17) is 16.6 Å². The first-order chi connectivity index (χ1) is 22.2. The van der Waals surface area contributed by atoms with Crippen LogP contribution in [-0.4, -0.2) is 117 Å². The quantitative estimate of drug-likeness (QED) is 0.0645. The highest BCUT2D eigenvalue weighted by atomic mass is 16.4. The highest BCUT2D eigenvalue weighted by molar-refractivity contribution is 5.97. The summed E-state index contributed by atoms with van der Waals surface area (Å²) in [6.07, 6.45) is -1.82. The van der Waals surface area contributed by atoms with Crippen LogP contribution in [-0.2, 0) is 38.4 Å². The third-order valence-corrected chi connectivity index (χ3v) is 7.59. The minimum atomic E-state index is -1.62. The number of nitrogens with zero attached hydrogens (tertiary/aromatic N) is 1. The highest BCUT2D eigenvalue weighted by Gasteiger charge is 2.40. The lowest BCUT2D eigenvalue weighted by molar-refractivity contribution is -0.145. The van der Waals surface area contributed by atoms with Gasteiger partial charge in [0, 0.05) is 13.0 Å². The second kappa shape index (κ2) is 19.5. The average molecular weight is 686 g/mol. The standard InChI is InChI=1S/C30H51N7O11/c1-14(2)11-19(26(43)34-20(12-15(3)4)27(44)36-24(16(5)38)30(47)48)35-28(45)21-7-6-10-37(21)29(46)18(8-9-22(32)39)33-25(42)17(31)13-23(40)41/h14-21,24,38H,6-13,31H2,1-5H3,(H2,32,39)(H,33,42)(H,34,43)(H,35,45)(H,36,44)(H,40,41)(H,47,48)/t16-,17+,18+,19+,20+,21+,24+/m1/s1. The summed E-state index contributed by atoms with van der Waals surface area (Å²) in [6, 6.07) is -7.88. The number of amides is 6. The summed E-state index contributed by atoms with van der Waals surface area (Å²) in [6.45, 7) is 8.48. The molecular formula is C30H51N7O11.